The second-order valence-corrected chi connectivity index (χ2v) is 6.53. The summed E-state index contributed by atoms with van der Waals surface area (Å²) in [6.07, 6.45) is 15.0. The molecule has 3 atom stereocenters. The van der Waals surface area contributed by atoms with Crippen molar-refractivity contribution in [3.63, 3.8) is 0 Å². The van der Waals surface area contributed by atoms with Gasteiger partial charge in [0, 0.05) is 6.61 Å². The summed E-state index contributed by atoms with van der Waals surface area (Å²) in [5.74, 6) is 0.977. The first-order valence-electron chi connectivity index (χ1n) is 7.76. The van der Waals surface area contributed by atoms with E-state index in [1.807, 2.05) is 0 Å². The molecule has 1 aliphatic heterocycles. The predicted molar refractivity (Wildman–Crippen MR) is 72.4 cm³/mol. The van der Waals surface area contributed by atoms with Gasteiger partial charge in [0.25, 0.3) is 0 Å². The van der Waals surface area contributed by atoms with E-state index in [-0.39, 0.29) is 11.7 Å². The van der Waals surface area contributed by atoms with Crippen LogP contribution in [0, 0.1) is 11.8 Å². The number of aliphatic hydroxyl groups is 1. The van der Waals surface area contributed by atoms with E-state index in [2.05, 4.69) is 12.2 Å². The highest BCUT2D eigenvalue weighted by Gasteiger charge is 2.42. The standard InChI is InChI=1S/C16H26O2/c17-15(13-6-2-1-3-7-13)14-8-11-18-16(12-14)9-4-5-10-16/h1-2,13-15,17H,3-12H2. The second kappa shape index (κ2) is 5.34. The third kappa shape index (κ3) is 2.50. The maximum absolute atomic E-state index is 10.7. The van der Waals surface area contributed by atoms with Crippen LogP contribution in [0.3, 0.4) is 0 Å². The molecule has 1 saturated carbocycles. The van der Waals surface area contributed by atoms with Gasteiger partial charge in [0.2, 0.25) is 0 Å². The number of rotatable bonds is 2. The van der Waals surface area contributed by atoms with Crippen molar-refractivity contribution in [2.45, 2.75) is 69.5 Å². The smallest absolute Gasteiger partial charge is 0.0686 e. The van der Waals surface area contributed by atoms with E-state index in [9.17, 15) is 5.11 Å². The number of ether oxygens (including phenoxy) is 1. The Balaban J connectivity index is 1.62. The van der Waals surface area contributed by atoms with Crippen LogP contribution in [0.4, 0.5) is 0 Å². The summed E-state index contributed by atoms with van der Waals surface area (Å²) in [7, 11) is 0. The van der Waals surface area contributed by atoms with Crippen molar-refractivity contribution in [3.05, 3.63) is 12.2 Å². The Morgan fingerprint density at radius 1 is 1.11 bits per heavy atom. The average Bonchev–Trinajstić information content (AvgIpc) is 2.87. The molecule has 2 nitrogen and oxygen atoms in total. The summed E-state index contributed by atoms with van der Waals surface area (Å²) in [6, 6.07) is 0. The summed E-state index contributed by atoms with van der Waals surface area (Å²) in [5.41, 5.74) is 0.147. The number of allylic oxidation sites excluding steroid dienone is 2. The van der Waals surface area contributed by atoms with Crippen LogP contribution in [0.2, 0.25) is 0 Å². The molecule has 0 aromatic carbocycles. The Bertz CT molecular complexity index is 304. The monoisotopic (exact) mass is 250 g/mol. The molecule has 3 rings (SSSR count). The van der Waals surface area contributed by atoms with Gasteiger partial charge in [0.15, 0.2) is 0 Å². The van der Waals surface area contributed by atoms with E-state index in [1.54, 1.807) is 0 Å². The van der Waals surface area contributed by atoms with Gasteiger partial charge in [0.1, 0.15) is 0 Å². The zero-order valence-corrected chi connectivity index (χ0v) is 11.3. The molecule has 3 aliphatic rings. The Hall–Kier alpha value is -0.340. The number of aliphatic hydroxyl groups excluding tert-OH is 1. The Morgan fingerprint density at radius 2 is 1.94 bits per heavy atom. The topological polar surface area (TPSA) is 29.5 Å². The molecule has 1 heterocycles. The second-order valence-electron chi connectivity index (χ2n) is 6.53. The summed E-state index contributed by atoms with van der Waals surface area (Å²) in [5, 5.41) is 10.7. The first-order valence-corrected chi connectivity index (χ1v) is 7.76. The van der Waals surface area contributed by atoms with Crippen molar-refractivity contribution in [3.8, 4) is 0 Å². The maximum Gasteiger partial charge on any atom is 0.0686 e. The molecule has 18 heavy (non-hydrogen) atoms. The third-order valence-electron chi connectivity index (χ3n) is 5.32. The van der Waals surface area contributed by atoms with Gasteiger partial charge in [-0.25, -0.2) is 0 Å². The molecular formula is C16H26O2. The zero-order valence-electron chi connectivity index (χ0n) is 11.3. The summed E-state index contributed by atoms with van der Waals surface area (Å²) in [4.78, 5) is 0. The minimum absolute atomic E-state index is 0.101. The van der Waals surface area contributed by atoms with Crippen LogP contribution in [0.15, 0.2) is 12.2 Å². The first kappa shape index (κ1) is 12.7. The van der Waals surface area contributed by atoms with Crippen LogP contribution >= 0.6 is 0 Å². The normalized spacial score (nSPS) is 36.9. The quantitative estimate of drug-likeness (QED) is 0.761. The molecule has 0 bridgehead atoms. The van der Waals surface area contributed by atoms with Gasteiger partial charge >= 0.3 is 0 Å². The van der Waals surface area contributed by atoms with Crippen molar-refractivity contribution < 1.29 is 9.84 Å². The molecule has 102 valence electrons. The molecule has 1 spiro atoms. The number of hydrogen-bond acceptors (Lipinski definition) is 2. The lowest BCUT2D eigenvalue weighted by Gasteiger charge is -2.42. The molecular weight excluding hydrogens is 224 g/mol. The van der Waals surface area contributed by atoms with Gasteiger partial charge in [-0.05, 0) is 56.8 Å². The van der Waals surface area contributed by atoms with Gasteiger partial charge < -0.3 is 9.84 Å². The Kier molecular flexibility index (Phi) is 3.76. The molecule has 0 radical (unpaired) electrons. The highest BCUT2D eigenvalue weighted by molar-refractivity contribution is 4.97. The molecule has 0 aromatic heterocycles. The van der Waals surface area contributed by atoms with E-state index in [1.165, 1.54) is 32.1 Å². The molecule has 1 saturated heterocycles. The Morgan fingerprint density at radius 3 is 2.67 bits per heavy atom. The van der Waals surface area contributed by atoms with E-state index in [0.717, 1.165) is 32.3 Å². The molecule has 0 amide bonds. The summed E-state index contributed by atoms with van der Waals surface area (Å²) >= 11 is 0. The first-order chi connectivity index (χ1) is 8.79. The van der Waals surface area contributed by atoms with Crippen molar-refractivity contribution in [1.82, 2.24) is 0 Å². The fourth-order valence-electron chi connectivity index (χ4n) is 4.24. The van der Waals surface area contributed by atoms with Crippen LogP contribution < -0.4 is 0 Å². The van der Waals surface area contributed by atoms with E-state index >= 15 is 0 Å². The third-order valence-corrected chi connectivity index (χ3v) is 5.32. The van der Waals surface area contributed by atoms with Crippen molar-refractivity contribution >= 4 is 0 Å². The Labute approximate surface area is 110 Å². The predicted octanol–water partition coefficient (Wildman–Crippen LogP) is 3.44. The zero-order chi connectivity index (χ0) is 12.4. The van der Waals surface area contributed by atoms with Gasteiger partial charge in [0.05, 0.1) is 11.7 Å². The minimum Gasteiger partial charge on any atom is -0.393 e. The van der Waals surface area contributed by atoms with E-state index in [4.69, 9.17) is 4.74 Å². The van der Waals surface area contributed by atoms with E-state index < -0.39 is 0 Å². The van der Waals surface area contributed by atoms with Gasteiger partial charge in [-0.15, -0.1) is 0 Å². The maximum atomic E-state index is 10.7. The lowest BCUT2D eigenvalue weighted by atomic mass is 9.75. The highest BCUT2D eigenvalue weighted by Crippen LogP contribution is 2.44. The lowest BCUT2D eigenvalue weighted by Crippen LogP contribution is -2.43. The molecule has 2 heteroatoms. The van der Waals surface area contributed by atoms with E-state index in [0.29, 0.717) is 11.8 Å². The SMILES string of the molecule is OC(C1CC=CCC1)C1CCOC2(CCCC2)C1. The highest BCUT2D eigenvalue weighted by atomic mass is 16.5. The fourth-order valence-corrected chi connectivity index (χ4v) is 4.24. The molecule has 3 unspecified atom stereocenters. The van der Waals surface area contributed by atoms with Gasteiger partial charge in [-0.3, -0.25) is 0 Å². The van der Waals surface area contributed by atoms with Crippen LogP contribution in [0.1, 0.15) is 57.8 Å². The molecule has 0 aromatic rings. The molecule has 2 fully saturated rings. The molecule has 1 N–H and O–H groups in total. The van der Waals surface area contributed by atoms with Gasteiger partial charge in [-0.2, -0.15) is 0 Å². The average molecular weight is 250 g/mol. The summed E-state index contributed by atoms with van der Waals surface area (Å²) < 4.78 is 6.07. The van der Waals surface area contributed by atoms with Crippen molar-refractivity contribution in [1.29, 1.82) is 0 Å². The molecule has 2 aliphatic carbocycles. The van der Waals surface area contributed by atoms with Crippen LogP contribution in [-0.2, 0) is 4.74 Å². The lowest BCUT2D eigenvalue weighted by molar-refractivity contribution is -0.120. The van der Waals surface area contributed by atoms with Crippen molar-refractivity contribution in [2.75, 3.05) is 6.61 Å². The van der Waals surface area contributed by atoms with Crippen LogP contribution in [0.25, 0.3) is 0 Å². The van der Waals surface area contributed by atoms with Crippen LogP contribution in [-0.4, -0.2) is 23.4 Å². The van der Waals surface area contributed by atoms with Crippen molar-refractivity contribution in [2.24, 2.45) is 11.8 Å². The largest absolute Gasteiger partial charge is 0.393 e. The number of hydrogen-bond donors (Lipinski definition) is 1. The summed E-state index contributed by atoms with van der Waals surface area (Å²) in [6.45, 7) is 0.865. The van der Waals surface area contributed by atoms with Gasteiger partial charge in [-0.1, -0.05) is 25.0 Å². The van der Waals surface area contributed by atoms with Crippen LogP contribution in [0.5, 0.6) is 0 Å². The minimum atomic E-state index is -0.101. The fraction of sp³-hybridized carbons (Fsp3) is 0.875.